The SMILES string of the molecule is O=C(O)CC1(CNC(=O)c2ccc(F)cn2)CCC1. The Balaban J connectivity index is 1.92. The molecule has 0 bridgehead atoms. The van der Waals surface area contributed by atoms with Crippen molar-refractivity contribution < 1.29 is 19.1 Å². The Morgan fingerprint density at radius 1 is 1.42 bits per heavy atom. The van der Waals surface area contributed by atoms with Crippen LogP contribution in [0, 0.1) is 11.2 Å². The lowest BCUT2D eigenvalue weighted by Gasteiger charge is -2.40. The van der Waals surface area contributed by atoms with Gasteiger partial charge in [-0.3, -0.25) is 9.59 Å². The summed E-state index contributed by atoms with van der Waals surface area (Å²) in [5.41, 5.74) is -0.201. The quantitative estimate of drug-likeness (QED) is 0.848. The van der Waals surface area contributed by atoms with Gasteiger partial charge in [0.1, 0.15) is 11.5 Å². The third-order valence-electron chi connectivity index (χ3n) is 3.52. The molecule has 1 saturated carbocycles. The fourth-order valence-electron chi connectivity index (χ4n) is 2.28. The highest BCUT2D eigenvalue weighted by Crippen LogP contribution is 2.43. The molecule has 0 saturated heterocycles. The van der Waals surface area contributed by atoms with Crippen LogP contribution < -0.4 is 5.32 Å². The monoisotopic (exact) mass is 266 g/mol. The summed E-state index contributed by atoms with van der Waals surface area (Å²) in [6, 6.07) is 2.47. The molecule has 19 heavy (non-hydrogen) atoms. The number of carbonyl (C=O) groups is 2. The van der Waals surface area contributed by atoms with E-state index in [4.69, 9.17) is 5.11 Å². The van der Waals surface area contributed by atoms with Crippen LogP contribution in [0.25, 0.3) is 0 Å². The molecule has 2 rings (SSSR count). The summed E-state index contributed by atoms with van der Waals surface area (Å²) in [6.45, 7) is 0.317. The molecule has 1 aromatic heterocycles. The Morgan fingerprint density at radius 3 is 2.63 bits per heavy atom. The molecule has 6 heteroatoms. The summed E-state index contributed by atoms with van der Waals surface area (Å²) in [5, 5.41) is 11.5. The van der Waals surface area contributed by atoms with Crippen LogP contribution in [0.3, 0.4) is 0 Å². The molecule has 1 heterocycles. The number of aliphatic carboxylic acids is 1. The van der Waals surface area contributed by atoms with Gasteiger partial charge in [-0.2, -0.15) is 0 Å². The lowest BCUT2D eigenvalue weighted by atomic mass is 9.66. The topological polar surface area (TPSA) is 79.3 Å². The zero-order valence-electron chi connectivity index (χ0n) is 10.4. The molecule has 5 nitrogen and oxygen atoms in total. The van der Waals surface area contributed by atoms with Gasteiger partial charge in [0.15, 0.2) is 0 Å². The van der Waals surface area contributed by atoms with E-state index in [2.05, 4.69) is 10.3 Å². The number of nitrogens with zero attached hydrogens (tertiary/aromatic N) is 1. The molecular weight excluding hydrogens is 251 g/mol. The first-order valence-electron chi connectivity index (χ1n) is 6.12. The maximum atomic E-state index is 12.7. The summed E-state index contributed by atoms with van der Waals surface area (Å²) in [7, 11) is 0. The molecule has 0 unspecified atom stereocenters. The molecule has 0 spiro atoms. The van der Waals surface area contributed by atoms with E-state index in [1.807, 2.05) is 0 Å². The summed E-state index contributed by atoms with van der Waals surface area (Å²) in [5.74, 6) is -1.76. The molecule has 0 aromatic carbocycles. The van der Waals surface area contributed by atoms with Crippen molar-refractivity contribution in [3.8, 4) is 0 Å². The first-order valence-corrected chi connectivity index (χ1v) is 6.12. The minimum Gasteiger partial charge on any atom is -0.481 e. The van der Waals surface area contributed by atoms with Crippen LogP contribution in [-0.4, -0.2) is 28.5 Å². The molecular formula is C13H15FN2O3. The second-order valence-electron chi connectivity index (χ2n) is 4.97. The Hall–Kier alpha value is -1.98. The molecule has 1 aliphatic carbocycles. The number of carbonyl (C=O) groups excluding carboxylic acids is 1. The zero-order chi connectivity index (χ0) is 13.9. The molecule has 1 aliphatic rings. The van der Waals surface area contributed by atoms with Gasteiger partial charge in [0.05, 0.1) is 12.6 Å². The molecule has 1 fully saturated rings. The molecule has 102 valence electrons. The standard InChI is InChI=1S/C13H15FN2O3/c14-9-2-3-10(15-7-9)12(19)16-8-13(4-1-5-13)6-11(17)18/h2-3,7H,1,4-6,8H2,(H,16,19)(H,17,18). The van der Waals surface area contributed by atoms with Crippen molar-refractivity contribution in [3.05, 3.63) is 29.8 Å². The lowest BCUT2D eigenvalue weighted by Crippen LogP contribution is -2.43. The van der Waals surface area contributed by atoms with Crippen molar-refractivity contribution in [2.24, 2.45) is 5.41 Å². The van der Waals surface area contributed by atoms with E-state index in [0.717, 1.165) is 31.5 Å². The van der Waals surface area contributed by atoms with Crippen LogP contribution in [0.5, 0.6) is 0 Å². The number of halogens is 1. The Morgan fingerprint density at radius 2 is 2.16 bits per heavy atom. The molecule has 0 radical (unpaired) electrons. The van der Waals surface area contributed by atoms with E-state index >= 15 is 0 Å². The van der Waals surface area contributed by atoms with E-state index in [1.165, 1.54) is 6.07 Å². The average Bonchev–Trinajstić information content (AvgIpc) is 2.32. The maximum Gasteiger partial charge on any atom is 0.303 e. The maximum absolute atomic E-state index is 12.7. The van der Waals surface area contributed by atoms with Gasteiger partial charge in [0.25, 0.3) is 5.91 Å². The van der Waals surface area contributed by atoms with Crippen molar-refractivity contribution in [1.82, 2.24) is 10.3 Å². The number of hydrogen-bond acceptors (Lipinski definition) is 3. The van der Waals surface area contributed by atoms with Crippen LogP contribution in [0.4, 0.5) is 4.39 Å². The second kappa shape index (κ2) is 5.34. The van der Waals surface area contributed by atoms with E-state index in [-0.39, 0.29) is 17.5 Å². The molecule has 1 amide bonds. The normalized spacial score (nSPS) is 16.5. The Labute approximate surface area is 109 Å². The van der Waals surface area contributed by atoms with E-state index in [1.54, 1.807) is 0 Å². The average molecular weight is 266 g/mol. The molecule has 0 aliphatic heterocycles. The number of carboxylic acid groups (broad SMARTS) is 1. The predicted octanol–water partition coefficient (Wildman–Crippen LogP) is 1.60. The van der Waals surface area contributed by atoms with Gasteiger partial charge in [-0.25, -0.2) is 9.37 Å². The van der Waals surface area contributed by atoms with Gasteiger partial charge in [-0.1, -0.05) is 6.42 Å². The molecule has 2 N–H and O–H groups in total. The third-order valence-corrected chi connectivity index (χ3v) is 3.52. The lowest BCUT2D eigenvalue weighted by molar-refractivity contribution is -0.141. The van der Waals surface area contributed by atoms with Crippen LogP contribution >= 0.6 is 0 Å². The highest BCUT2D eigenvalue weighted by Gasteiger charge is 2.39. The number of pyridine rings is 1. The van der Waals surface area contributed by atoms with Gasteiger partial charge in [-0.15, -0.1) is 0 Å². The Bertz CT molecular complexity index is 483. The van der Waals surface area contributed by atoms with Crippen molar-refractivity contribution in [3.63, 3.8) is 0 Å². The number of amides is 1. The first kappa shape index (κ1) is 13.5. The molecule has 0 atom stereocenters. The fourth-order valence-corrected chi connectivity index (χ4v) is 2.28. The number of aromatic nitrogens is 1. The fraction of sp³-hybridized carbons (Fsp3) is 0.462. The van der Waals surface area contributed by atoms with Crippen LogP contribution in [-0.2, 0) is 4.79 Å². The number of rotatable bonds is 5. The van der Waals surface area contributed by atoms with Crippen LogP contribution in [0.15, 0.2) is 18.3 Å². The molecule has 1 aromatic rings. The summed E-state index contributed by atoms with van der Waals surface area (Å²) >= 11 is 0. The highest BCUT2D eigenvalue weighted by atomic mass is 19.1. The van der Waals surface area contributed by atoms with Crippen LogP contribution in [0.1, 0.15) is 36.2 Å². The number of hydrogen-bond donors (Lipinski definition) is 2. The van der Waals surface area contributed by atoms with Gasteiger partial charge in [0.2, 0.25) is 0 Å². The summed E-state index contributed by atoms with van der Waals surface area (Å²) in [6.07, 6.45) is 3.63. The predicted molar refractivity (Wildman–Crippen MR) is 65.1 cm³/mol. The van der Waals surface area contributed by atoms with Crippen molar-refractivity contribution >= 4 is 11.9 Å². The van der Waals surface area contributed by atoms with Crippen molar-refractivity contribution in [2.75, 3.05) is 6.54 Å². The van der Waals surface area contributed by atoms with Gasteiger partial charge < -0.3 is 10.4 Å². The van der Waals surface area contributed by atoms with E-state index in [9.17, 15) is 14.0 Å². The summed E-state index contributed by atoms with van der Waals surface area (Å²) < 4.78 is 12.7. The van der Waals surface area contributed by atoms with Gasteiger partial charge in [0, 0.05) is 6.54 Å². The second-order valence-corrected chi connectivity index (χ2v) is 4.97. The highest BCUT2D eigenvalue weighted by molar-refractivity contribution is 5.92. The van der Waals surface area contributed by atoms with Gasteiger partial charge >= 0.3 is 5.97 Å². The minimum atomic E-state index is -0.853. The van der Waals surface area contributed by atoms with Crippen molar-refractivity contribution in [2.45, 2.75) is 25.7 Å². The zero-order valence-corrected chi connectivity index (χ0v) is 10.4. The third kappa shape index (κ3) is 3.27. The van der Waals surface area contributed by atoms with Crippen molar-refractivity contribution in [1.29, 1.82) is 0 Å². The van der Waals surface area contributed by atoms with Crippen LogP contribution in [0.2, 0.25) is 0 Å². The summed E-state index contributed by atoms with van der Waals surface area (Å²) in [4.78, 5) is 26.3. The Kier molecular flexibility index (Phi) is 3.78. The van der Waals surface area contributed by atoms with E-state index < -0.39 is 17.7 Å². The number of carboxylic acids is 1. The minimum absolute atomic E-state index is 0.0596. The first-order chi connectivity index (χ1) is 9.01. The number of nitrogens with one attached hydrogen (secondary N) is 1. The van der Waals surface area contributed by atoms with Gasteiger partial charge in [-0.05, 0) is 30.4 Å². The smallest absolute Gasteiger partial charge is 0.303 e. The van der Waals surface area contributed by atoms with E-state index in [0.29, 0.717) is 6.54 Å². The largest absolute Gasteiger partial charge is 0.481 e.